The molecular formula is C27H23ClN2O6S. The first kappa shape index (κ1) is 25.3. The van der Waals surface area contributed by atoms with Gasteiger partial charge in [-0.05, 0) is 36.2 Å². The number of halogens is 1. The number of ether oxygens (including phenoxy) is 1. The summed E-state index contributed by atoms with van der Waals surface area (Å²) in [6, 6.07) is 16.0. The van der Waals surface area contributed by atoms with Gasteiger partial charge in [-0.15, -0.1) is 0 Å². The third-order valence-electron chi connectivity index (χ3n) is 6.47. The zero-order valence-electron chi connectivity index (χ0n) is 19.7. The molecule has 0 bridgehead atoms. The zero-order valence-corrected chi connectivity index (χ0v) is 21.3. The Balaban J connectivity index is 1.28. The molecule has 190 valence electrons. The van der Waals surface area contributed by atoms with Crippen molar-refractivity contribution in [1.82, 2.24) is 4.31 Å². The molecule has 0 atom stereocenters. The first-order valence-corrected chi connectivity index (χ1v) is 13.6. The predicted molar refractivity (Wildman–Crippen MR) is 138 cm³/mol. The Morgan fingerprint density at radius 1 is 0.892 bits per heavy atom. The summed E-state index contributed by atoms with van der Waals surface area (Å²) in [4.78, 5) is 39.2. The fourth-order valence-electron chi connectivity index (χ4n) is 4.52. The van der Waals surface area contributed by atoms with Crippen molar-refractivity contribution in [2.75, 3.05) is 31.6 Å². The average Bonchev–Trinajstić information content (AvgIpc) is 2.92. The fourth-order valence-corrected chi connectivity index (χ4v) is 6.17. The normalized spacial score (nSPS) is 15.7. The van der Waals surface area contributed by atoms with E-state index in [0.29, 0.717) is 32.7 Å². The van der Waals surface area contributed by atoms with Crippen molar-refractivity contribution < 1.29 is 27.5 Å². The van der Waals surface area contributed by atoms with Crippen LogP contribution in [0.1, 0.15) is 43.8 Å². The van der Waals surface area contributed by atoms with E-state index >= 15 is 0 Å². The maximum atomic E-state index is 13.2. The first-order chi connectivity index (χ1) is 17.8. The molecule has 1 saturated heterocycles. The van der Waals surface area contributed by atoms with Crippen molar-refractivity contribution in [1.29, 1.82) is 0 Å². The van der Waals surface area contributed by atoms with E-state index in [1.54, 1.807) is 36.4 Å². The average molecular weight is 539 g/mol. The second-order valence-electron chi connectivity index (χ2n) is 8.76. The monoisotopic (exact) mass is 538 g/mol. The van der Waals surface area contributed by atoms with E-state index in [-0.39, 0.29) is 61.8 Å². The summed E-state index contributed by atoms with van der Waals surface area (Å²) in [5.41, 5.74) is 1.73. The summed E-state index contributed by atoms with van der Waals surface area (Å²) >= 11 is 6.28. The highest BCUT2D eigenvalue weighted by molar-refractivity contribution is 7.89. The number of fused-ring (bicyclic) bond motifs is 2. The molecule has 8 nitrogen and oxygen atoms in total. The number of hydrogen-bond donors (Lipinski definition) is 1. The molecule has 3 aromatic carbocycles. The number of sulfonamides is 1. The maximum absolute atomic E-state index is 13.2. The molecule has 1 heterocycles. The van der Waals surface area contributed by atoms with Crippen LogP contribution in [0.2, 0.25) is 5.02 Å². The number of ketones is 2. The van der Waals surface area contributed by atoms with Gasteiger partial charge in [-0.3, -0.25) is 14.4 Å². The number of aryl methyl sites for hydroxylation is 1. The molecule has 2 aliphatic rings. The third-order valence-corrected chi connectivity index (χ3v) is 8.70. The number of amides is 1. The van der Waals surface area contributed by atoms with Gasteiger partial charge in [-0.2, -0.15) is 4.31 Å². The van der Waals surface area contributed by atoms with Crippen LogP contribution in [-0.4, -0.2) is 56.5 Å². The summed E-state index contributed by atoms with van der Waals surface area (Å²) in [5, 5.41) is 2.89. The van der Waals surface area contributed by atoms with Crippen LogP contribution in [0.3, 0.4) is 0 Å². The Hall–Kier alpha value is -3.37. The summed E-state index contributed by atoms with van der Waals surface area (Å²) in [5.74, 6) is -1.09. The molecule has 10 heteroatoms. The molecular weight excluding hydrogens is 516 g/mol. The Labute approximate surface area is 219 Å². The molecule has 0 aromatic heterocycles. The van der Waals surface area contributed by atoms with Gasteiger partial charge in [-0.1, -0.05) is 48.0 Å². The SMILES string of the molecule is O=C(CCc1ccc(S(=O)(=O)N2CCOCC2)cc1)Nc1ccc(Cl)c2c1C(=O)c1ccccc1C2=O. The molecule has 1 N–H and O–H groups in total. The van der Waals surface area contributed by atoms with Crippen molar-refractivity contribution in [3.8, 4) is 0 Å². The number of carbonyl (C=O) groups is 3. The largest absolute Gasteiger partial charge is 0.379 e. The van der Waals surface area contributed by atoms with Crippen molar-refractivity contribution >= 4 is 44.8 Å². The molecule has 5 rings (SSSR count). The van der Waals surface area contributed by atoms with Gasteiger partial charge in [0.25, 0.3) is 0 Å². The Kier molecular flexibility index (Phi) is 6.96. The molecule has 0 unspecified atom stereocenters. The Morgan fingerprint density at radius 2 is 1.51 bits per heavy atom. The van der Waals surface area contributed by atoms with Crippen LogP contribution in [-0.2, 0) is 26.0 Å². The van der Waals surface area contributed by atoms with Gasteiger partial charge in [0, 0.05) is 30.6 Å². The van der Waals surface area contributed by atoms with Gasteiger partial charge in [0.05, 0.1) is 39.9 Å². The maximum Gasteiger partial charge on any atom is 0.243 e. The molecule has 1 fully saturated rings. The quantitative estimate of drug-likeness (QED) is 0.401. The Morgan fingerprint density at radius 3 is 2.16 bits per heavy atom. The number of nitrogens with zero attached hydrogens (tertiary/aromatic N) is 1. The number of rotatable bonds is 6. The minimum absolute atomic E-state index is 0.0835. The van der Waals surface area contributed by atoms with E-state index in [4.69, 9.17) is 16.3 Å². The topological polar surface area (TPSA) is 110 Å². The number of anilines is 1. The highest BCUT2D eigenvalue weighted by Gasteiger charge is 2.33. The number of carbonyl (C=O) groups excluding carboxylic acids is 3. The van der Waals surface area contributed by atoms with Crippen LogP contribution in [0.15, 0.2) is 65.6 Å². The highest BCUT2D eigenvalue weighted by atomic mass is 35.5. The number of morpholine rings is 1. The smallest absolute Gasteiger partial charge is 0.243 e. The third kappa shape index (κ3) is 4.83. The second kappa shape index (κ2) is 10.2. The summed E-state index contributed by atoms with van der Waals surface area (Å²) < 4.78 is 32.2. The zero-order chi connectivity index (χ0) is 26.2. The number of hydrogen-bond acceptors (Lipinski definition) is 6. The lowest BCUT2D eigenvalue weighted by Gasteiger charge is -2.26. The standard InChI is InChI=1S/C27H23ClN2O6S/c28-21-10-11-22(25-24(21)26(32)19-3-1-2-4-20(19)27(25)33)29-23(31)12-7-17-5-8-18(9-6-17)37(34,35)30-13-15-36-16-14-30/h1-6,8-11H,7,12-16H2,(H,29,31). The number of nitrogens with one attached hydrogen (secondary N) is 1. The van der Waals surface area contributed by atoms with Gasteiger partial charge in [0.2, 0.25) is 15.9 Å². The van der Waals surface area contributed by atoms with E-state index < -0.39 is 10.0 Å². The van der Waals surface area contributed by atoms with Gasteiger partial charge in [0.1, 0.15) is 0 Å². The molecule has 1 aliphatic carbocycles. The van der Waals surface area contributed by atoms with E-state index in [2.05, 4.69) is 5.32 Å². The van der Waals surface area contributed by atoms with E-state index in [9.17, 15) is 22.8 Å². The van der Waals surface area contributed by atoms with Crippen LogP contribution in [0.4, 0.5) is 5.69 Å². The van der Waals surface area contributed by atoms with Crippen LogP contribution < -0.4 is 5.32 Å². The van der Waals surface area contributed by atoms with Crippen LogP contribution in [0.5, 0.6) is 0 Å². The molecule has 1 amide bonds. The molecule has 0 spiro atoms. The summed E-state index contributed by atoms with van der Waals surface area (Å²) in [6.45, 7) is 1.38. The highest BCUT2D eigenvalue weighted by Crippen LogP contribution is 2.36. The van der Waals surface area contributed by atoms with Crippen LogP contribution >= 0.6 is 11.6 Å². The molecule has 37 heavy (non-hydrogen) atoms. The minimum Gasteiger partial charge on any atom is -0.379 e. The van der Waals surface area contributed by atoms with Gasteiger partial charge in [-0.25, -0.2) is 8.42 Å². The summed E-state index contributed by atoms with van der Waals surface area (Å²) in [6.07, 6.45) is 0.445. The van der Waals surface area contributed by atoms with Crippen LogP contribution in [0, 0.1) is 0 Å². The molecule has 0 saturated carbocycles. The van der Waals surface area contributed by atoms with Gasteiger partial charge >= 0.3 is 0 Å². The van der Waals surface area contributed by atoms with E-state index in [1.807, 2.05) is 0 Å². The molecule has 3 aromatic rings. The van der Waals surface area contributed by atoms with E-state index in [0.717, 1.165) is 5.56 Å². The lowest BCUT2D eigenvalue weighted by molar-refractivity contribution is -0.116. The lowest BCUT2D eigenvalue weighted by Crippen LogP contribution is -2.40. The lowest BCUT2D eigenvalue weighted by atomic mass is 9.83. The van der Waals surface area contributed by atoms with Crippen molar-refractivity contribution in [2.45, 2.75) is 17.7 Å². The minimum atomic E-state index is -3.59. The molecule has 1 aliphatic heterocycles. The van der Waals surface area contributed by atoms with E-state index in [1.165, 1.54) is 28.6 Å². The summed E-state index contributed by atoms with van der Waals surface area (Å²) in [7, 11) is -3.59. The van der Waals surface area contributed by atoms with Gasteiger partial charge < -0.3 is 10.1 Å². The predicted octanol–water partition coefficient (Wildman–Crippen LogP) is 3.71. The first-order valence-electron chi connectivity index (χ1n) is 11.7. The van der Waals surface area contributed by atoms with Gasteiger partial charge in [0.15, 0.2) is 11.6 Å². The van der Waals surface area contributed by atoms with Crippen LogP contribution in [0.25, 0.3) is 0 Å². The fraction of sp³-hybridized carbons (Fsp3) is 0.222. The van der Waals surface area contributed by atoms with Crippen molar-refractivity contribution in [2.24, 2.45) is 0 Å². The second-order valence-corrected chi connectivity index (χ2v) is 11.1. The number of benzene rings is 3. The van der Waals surface area contributed by atoms with Crippen molar-refractivity contribution in [3.05, 3.63) is 93.5 Å². The molecule has 0 radical (unpaired) electrons. The van der Waals surface area contributed by atoms with Crippen molar-refractivity contribution in [3.63, 3.8) is 0 Å². The Bertz CT molecular complexity index is 1510.